The van der Waals surface area contributed by atoms with E-state index >= 15 is 0 Å². The summed E-state index contributed by atoms with van der Waals surface area (Å²) in [6.07, 6.45) is 1.97. The van der Waals surface area contributed by atoms with E-state index < -0.39 is 32.1 Å². The molecule has 0 radical (unpaired) electrons. The summed E-state index contributed by atoms with van der Waals surface area (Å²) >= 11 is 0. The van der Waals surface area contributed by atoms with Crippen LogP contribution in [0.3, 0.4) is 0 Å². The van der Waals surface area contributed by atoms with Crippen molar-refractivity contribution < 1.29 is 17.2 Å². The van der Waals surface area contributed by atoms with Gasteiger partial charge in [-0.2, -0.15) is 0 Å². The Labute approximate surface area is 111 Å². The van der Waals surface area contributed by atoms with Gasteiger partial charge in [-0.3, -0.25) is 0 Å². The van der Waals surface area contributed by atoms with Gasteiger partial charge < -0.3 is 5.73 Å². The third kappa shape index (κ3) is 2.77. The van der Waals surface area contributed by atoms with Crippen molar-refractivity contribution in [1.82, 2.24) is 4.31 Å². The molecule has 106 valence electrons. The second-order valence-electron chi connectivity index (χ2n) is 4.77. The van der Waals surface area contributed by atoms with Crippen molar-refractivity contribution in [2.75, 3.05) is 13.6 Å². The van der Waals surface area contributed by atoms with E-state index in [1.54, 1.807) is 0 Å². The lowest BCUT2D eigenvalue weighted by Crippen LogP contribution is -2.30. The fourth-order valence-electron chi connectivity index (χ4n) is 1.89. The van der Waals surface area contributed by atoms with Crippen molar-refractivity contribution in [3.8, 4) is 0 Å². The summed E-state index contributed by atoms with van der Waals surface area (Å²) in [6, 6.07) is 1.88. The Hall–Kier alpha value is -1.05. The minimum absolute atomic E-state index is 0.345. The van der Waals surface area contributed by atoms with Crippen LogP contribution in [0.5, 0.6) is 0 Å². The highest BCUT2D eigenvalue weighted by molar-refractivity contribution is 7.89. The molecule has 7 heteroatoms. The van der Waals surface area contributed by atoms with Gasteiger partial charge in [0.05, 0.1) is 0 Å². The lowest BCUT2D eigenvalue weighted by Gasteiger charge is -2.18. The zero-order valence-electron chi connectivity index (χ0n) is 10.6. The molecule has 0 amide bonds. The van der Waals surface area contributed by atoms with Crippen LogP contribution in [-0.2, 0) is 16.6 Å². The SMILES string of the molecule is CN(CC1CC1)S(=O)(=O)c1ccc(F)c(CN)c1F. The number of nitrogens with two attached hydrogens (primary N) is 1. The number of benzene rings is 1. The van der Waals surface area contributed by atoms with E-state index in [-0.39, 0.29) is 6.54 Å². The van der Waals surface area contributed by atoms with Gasteiger partial charge in [0.2, 0.25) is 10.0 Å². The molecule has 0 aliphatic heterocycles. The summed E-state index contributed by atoms with van der Waals surface area (Å²) < 4.78 is 52.9. The summed E-state index contributed by atoms with van der Waals surface area (Å²) in [5, 5.41) is 0. The van der Waals surface area contributed by atoms with Crippen molar-refractivity contribution in [2.24, 2.45) is 11.7 Å². The van der Waals surface area contributed by atoms with Crippen LogP contribution in [0, 0.1) is 17.6 Å². The molecule has 1 aliphatic rings. The smallest absolute Gasteiger partial charge is 0.245 e. The van der Waals surface area contributed by atoms with Crippen LogP contribution in [-0.4, -0.2) is 26.3 Å². The van der Waals surface area contributed by atoms with Crippen molar-refractivity contribution in [1.29, 1.82) is 0 Å². The first kappa shape index (κ1) is 14.4. The van der Waals surface area contributed by atoms with Gasteiger partial charge in [0.15, 0.2) is 5.82 Å². The second-order valence-corrected chi connectivity index (χ2v) is 6.78. The Morgan fingerprint density at radius 2 is 2.00 bits per heavy atom. The third-order valence-electron chi connectivity index (χ3n) is 3.26. The van der Waals surface area contributed by atoms with Crippen LogP contribution in [0.4, 0.5) is 8.78 Å². The monoisotopic (exact) mass is 290 g/mol. The lowest BCUT2D eigenvalue weighted by molar-refractivity contribution is 0.445. The van der Waals surface area contributed by atoms with Crippen molar-refractivity contribution in [3.63, 3.8) is 0 Å². The largest absolute Gasteiger partial charge is 0.326 e. The topological polar surface area (TPSA) is 63.4 Å². The first-order valence-corrected chi connectivity index (χ1v) is 7.45. The van der Waals surface area contributed by atoms with Crippen LogP contribution in [0.25, 0.3) is 0 Å². The molecule has 2 rings (SSSR count). The number of sulfonamides is 1. The summed E-state index contributed by atoms with van der Waals surface area (Å²) in [5.41, 5.74) is 4.84. The molecule has 0 unspecified atom stereocenters. The molecule has 0 atom stereocenters. The Morgan fingerprint density at radius 3 is 2.53 bits per heavy atom. The van der Waals surface area contributed by atoms with Gasteiger partial charge in [-0.15, -0.1) is 0 Å². The standard InChI is InChI=1S/C12H16F2N2O2S/c1-16(7-8-2-3-8)19(17,18)11-5-4-10(13)9(6-15)12(11)14/h4-5,8H,2-3,6-7,15H2,1H3. The first-order chi connectivity index (χ1) is 8.87. The zero-order valence-corrected chi connectivity index (χ0v) is 11.4. The maximum absolute atomic E-state index is 14.0. The van der Waals surface area contributed by atoms with Gasteiger partial charge >= 0.3 is 0 Å². The molecule has 19 heavy (non-hydrogen) atoms. The van der Waals surface area contributed by atoms with E-state index in [4.69, 9.17) is 5.73 Å². The van der Waals surface area contributed by atoms with E-state index in [0.717, 1.165) is 29.3 Å². The maximum atomic E-state index is 14.0. The van der Waals surface area contributed by atoms with Gasteiger partial charge in [-0.05, 0) is 30.9 Å². The van der Waals surface area contributed by atoms with Gasteiger partial charge in [-0.25, -0.2) is 21.5 Å². The van der Waals surface area contributed by atoms with Crippen molar-refractivity contribution in [2.45, 2.75) is 24.3 Å². The minimum Gasteiger partial charge on any atom is -0.326 e. The lowest BCUT2D eigenvalue weighted by atomic mass is 10.2. The molecule has 1 saturated carbocycles. The third-order valence-corrected chi connectivity index (χ3v) is 5.10. The molecule has 1 fully saturated rings. The molecule has 1 aliphatic carbocycles. The summed E-state index contributed by atoms with van der Waals surface area (Å²) in [5.74, 6) is -1.58. The van der Waals surface area contributed by atoms with Crippen molar-refractivity contribution in [3.05, 3.63) is 29.3 Å². The van der Waals surface area contributed by atoms with Crippen LogP contribution in [0.2, 0.25) is 0 Å². The van der Waals surface area contributed by atoms with E-state index in [1.165, 1.54) is 7.05 Å². The zero-order chi connectivity index (χ0) is 14.2. The maximum Gasteiger partial charge on any atom is 0.245 e. The van der Waals surface area contributed by atoms with Gasteiger partial charge in [-0.1, -0.05) is 0 Å². The van der Waals surface area contributed by atoms with Crippen LogP contribution >= 0.6 is 0 Å². The predicted octanol–water partition coefficient (Wildman–Crippen LogP) is 1.45. The van der Waals surface area contributed by atoms with E-state index in [2.05, 4.69) is 0 Å². The molecule has 4 nitrogen and oxygen atoms in total. The minimum atomic E-state index is -3.94. The molecule has 2 N–H and O–H groups in total. The second kappa shape index (κ2) is 5.15. The highest BCUT2D eigenvalue weighted by Crippen LogP contribution is 2.31. The Bertz CT molecular complexity index is 586. The number of nitrogens with zero attached hydrogens (tertiary/aromatic N) is 1. The summed E-state index contributed by atoms with van der Waals surface area (Å²) in [4.78, 5) is -0.516. The van der Waals surface area contributed by atoms with E-state index in [9.17, 15) is 17.2 Å². The number of hydrogen-bond acceptors (Lipinski definition) is 3. The molecule has 0 saturated heterocycles. The van der Waals surface area contributed by atoms with Gasteiger partial charge in [0.1, 0.15) is 10.7 Å². The molecule has 1 aromatic carbocycles. The molecular formula is C12H16F2N2O2S. The van der Waals surface area contributed by atoms with E-state index in [0.29, 0.717) is 12.5 Å². The van der Waals surface area contributed by atoms with Crippen LogP contribution in [0.1, 0.15) is 18.4 Å². The first-order valence-electron chi connectivity index (χ1n) is 6.01. The summed E-state index contributed by atoms with van der Waals surface area (Å²) in [7, 11) is -2.54. The Morgan fingerprint density at radius 1 is 1.37 bits per heavy atom. The number of hydrogen-bond donors (Lipinski definition) is 1. The predicted molar refractivity (Wildman–Crippen MR) is 66.8 cm³/mol. The van der Waals surface area contributed by atoms with E-state index in [1.807, 2.05) is 0 Å². The fraction of sp³-hybridized carbons (Fsp3) is 0.500. The average Bonchev–Trinajstić information content (AvgIpc) is 3.13. The van der Waals surface area contributed by atoms with Gasteiger partial charge in [0, 0.05) is 25.7 Å². The quantitative estimate of drug-likeness (QED) is 0.893. The molecule has 0 spiro atoms. The van der Waals surface area contributed by atoms with Crippen molar-refractivity contribution >= 4 is 10.0 Å². The number of rotatable bonds is 5. The highest BCUT2D eigenvalue weighted by atomic mass is 32.2. The summed E-state index contributed by atoms with van der Waals surface area (Å²) in [6.45, 7) is -0.0233. The highest BCUT2D eigenvalue weighted by Gasteiger charge is 2.31. The normalized spacial score (nSPS) is 16.1. The average molecular weight is 290 g/mol. The van der Waals surface area contributed by atoms with Crippen LogP contribution < -0.4 is 5.73 Å². The fourth-order valence-corrected chi connectivity index (χ4v) is 3.23. The Balaban J connectivity index is 2.39. The molecule has 0 aromatic heterocycles. The molecular weight excluding hydrogens is 274 g/mol. The molecule has 0 heterocycles. The molecule has 1 aromatic rings. The number of halogens is 2. The van der Waals surface area contributed by atoms with Gasteiger partial charge in [0.25, 0.3) is 0 Å². The van der Waals surface area contributed by atoms with Crippen LogP contribution in [0.15, 0.2) is 17.0 Å². The Kier molecular flexibility index (Phi) is 3.89. The molecule has 0 bridgehead atoms.